The van der Waals surface area contributed by atoms with E-state index in [-0.39, 0.29) is 23.6 Å². The number of fused-ring (bicyclic) bond motifs is 1. The van der Waals surface area contributed by atoms with Crippen LogP contribution in [0.5, 0.6) is 5.75 Å². The maximum atomic E-state index is 10.9. The Bertz CT molecular complexity index is 904. The van der Waals surface area contributed by atoms with Crippen LogP contribution in [0.1, 0.15) is 5.56 Å². The number of nitro groups is 1. The van der Waals surface area contributed by atoms with Crippen LogP contribution in [0.3, 0.4) is 0 Å². The van der Waals surface area contributed by atoms with Crippen LogP contribution in [-0.2, 0) is 6.61 Å². The number of aliphatic hydroxyl groups excluding tert-OH is 1. The van der Waals surface area contributed by atoms with Crippen molar-refractivity contribution in [2.75, 3.05) is 7.11 Å². The van der Waals surface area contributed by atoms with Crippen LogP contribution in [0, 0.1) is 10.1 Å². The van der Waals surface area contributed by atoms with Crippen molar-refractivity contribution < 1.29 is 20.0 Å². The second-order valence-electron chi connectivity index (χ2n) is 4.86. The Morgan fingerprint density at radius 3 is 2.74 bits per heavy atom. The first-order valence-electron chi connectivity index (χ1n) is 6.69. The van der Waals surface area contributed by atoms with Gasteiger partial charge in [-0.15, -0.1) is 0 Å². The Kier molecular flexibility index (Phi) is 3.59. The number of nitrogens with zero attached hydrogens (tertiary/aromatic N) is 3. The first kappa shape index (κ1) is 14.8. The Hall–Kier alpha value is -3.13. The van der Waals surface area contributed by atoms with Gasteiger partial charge in [-0.25, -0.2) is 4.98 Å². The maximum absolute atomic E-state index is 10.9. The van der Waals surface area contributed by atoms with Gasteiger partial charge in [0, 0.05) is 17.7 Å². The summed E-state index contributed by atoms with van der Waals surface area (Å²) in [5, 5.41) is 30.7. The predicted molar refractivity (Wildman–Crippen MR) is 81.5 cm³/mol. The molecule has 0 amide bonds. The lowest BCUT2D eigenvalue weighted by atomic mass is 10.1. The monoisotopic (exact) mass is 315 g/mol. The Morgan fingerprint density at radius 2 is 2.09 bits per heavy atom. The van der Waals surface area contributed by atoms with Crippen molar-refractivity contribution >= 4 is 16.7 Å². The van der Waals surface area contributed by atoms with Crippen LogP contribution in [0.25, 0.3) is 22.4 Å². The number of aliphatic hydroxyl groups is 1. The van der Waals surface area contributed by atoms with Gasteiger partial charge >= 0.3 is 0 Å². The van der Waals surface area contributed by atoms with E-state index in [4.69, 9.17) is 4.74 Å². The predicted octanol–water partition coefficient (Wildman–Crippen LogP) is 2.35. The van der Waals surface area contributed by atoms with Crippen LogP contribution in [-0.4, -0.2) is 32.1 Å². The fourth-order valence-electron chi connectivity index (χ4n) is 2.39. The number of rotatable bonds is 4. The molecule has 118 valence electrons. The standard InChI is InChI=1S/C15H13N3O5/c1-23-11-3-4-12(9(6-11)8-19)15-16-13-5-2-10(18(21)22)7-14(13)17(15)20/h2-7,19-20H,8H2,1H3. The first-order chi connectivity index (χ1) is 11.0. The number of nitro benzene ring substituents is 1. The Labute approximate surface area is 130 Å². The summed E-state index contributed by atoms with van der Waals surface area (Å²) in [7, 11) is 1.51. The molecule has 0 aliphatic carbocycles. The number of imidazole rings is 1. The summed E-state index contributed by atoms with van der Waals surface area (Å²) >= 11 is 0. The number of non-ortho nitro benzene ring substituents is 1. The lowest BCUT2D eigenvalue weighted by molar-refractivity contribution is -0.384. The van der Waals surface area contributed by atoms with Crippen LogP contribution in [0.4, 0.5) is 5.69 Å². The summed E-state index contributed by atoms with van der Waals surface area (Å²) in [6, 6.07) is 9.00. The molecule has 0 spiro atoms. The minimum Gasteiger partial charge on any atom is -0.497 e. The molecule has 0 atom stereocenters. The summed E-state index contributed by atoms with van der Waals surface area (Å²) in [5.41, 5.74) is 1.51. The molecule has 1 aromatic heterocycles. The fourth-order valence-corrected chi connectivity index (χ4v) is 2.39. The molecule has 1 heterocycles. The molecule has 0 saturated heterocycles. The lowest BCUT2D eigenvalue weighted by Gasteiger charge is -2.08. The van der Waals surface area contributed by atoms with Crippen LogP contribution < -0.4 is 4.74 Å². The smallest absolute Gasteiger partial charge is 0.271 e. The molecule has 0 bridgehead atoms. The largest absolute Gasteiger partial charge is 0.497 e. The highest BCUT2D eigenvalue weighted by Gasteiger charge is 2.18. The highest BCUT2D eigenvalue weighted by Crippen LogP contribution is 2.30. The van der Waals surface area contributed by atoms with Crippen LogP contribution >= 0.6 is 0 Å². The topological polar surface area (TPSA) is 111 Å². The van der Waals surface area contributed by atoms with Gasteiger partial charge in [0.05, 0.1) is 24.2 Å². The quantitative estimate of drug-likeness (QED) is 0.434. The molecular formula is C15H13N3O5. The lowest BCUT2D eigenvalue weighted by Crippen LogP contribution is -1.99. The van der Waals surface area contributed by atoms with E-state index in [9.17, 15) is 20.4 Å². The van der Waals surface area contributed by atoms with Gasteiger partial charge in [-0.05, 0) is 29.8 Å². The average Bonchev–Trinajstić information content (AvgIpc) is 2.90. The number of methoxy groups -OCH3 is 1. The van der Waals surface area contributed by atoms with E-state index >= 15 is 0 Å². The second-order valence-corrected chi connectivity index (χ2v) is 4.86. The number of aromatic nitrogens is 2. The molecule has 2 aromatic carbocycles. The zero-order valence-electron chi connectivity index (χ0n) is 12.1. The van der Waals surface area contributed by atoms with Crippen molar-refractivity contribution in [1.29, 1.82) is 0 Å². The molecule has 23 heavy (non-hydrogen) atoms. The summed E-state index contributed by atoms with van der Waals surface area (Å²) < 4.78 is 5.88. The van der Waals surface area contributed by atoms with E-state index in [1.54, 1.807) is 18.2 Å². The molecule has 2 N–H and O–H groups in total. The van der Waals surface area contributed by atoms with Crippen molar-refractivity contribution in [3.05, 3.63) is 52.1 Å². The third kappa shape index (κ3) is 2.44. The van der Waals surface area contributed by atoms with Gasteiger partial charge in [0.2, 0.25) is 0 Å². The minimum atomic E-state index is -0.543. The van der Waals surface area contributed by atoms with Gasteiger partial charge in [-0.1, -0.05) is 0 Å². The summed E-state index contributed by atoms with van der Waals surface area (Å²) in [6.45, 7) is -0.268. The molecule has 3 aromatic rings. The zero-order chi connectivity index (χ0) is 16.6. The van der Waals surface area contributed by atoms with Gasteiger partial charge in [0.1, 0.15) is 11.3 Å². The van der Waals surface area contributed by atoms with Gasteiger partial charge < -0.3 is 15.1 Å². The van der Waals surface area contributed by atoms with Gasteiger partial charge in [0.25, 0.3) is 5.69 Å². The van der Waals surface area contributed by atoms with E-state index in [2.05, 4.69) is 4.98 Å². The van der Waals surface area contributed by atoms with E-state index in [0.29, 0.717) is 22.4 Å². The fraction of sp³-hybridized carbons (Fsp3) is 0.133. The number of hydrogen-bond acceptors (Lipinski definition) is 6. The summed E-state index contributed by atoms with van der Waals surface area (Å²) in [6.07, 6.45) is 0. The molecule has 3 rings (SSSR count). The zero-order valence-corrected chi connectivity index (χ0v) is 12.1. The Morgan fingerprint density at radius 1 is 1.30 bits per heavy atom. The average molecular weight is 315 g/mol. The van der Waals surface area contributed by atoms with Crippen molar-refractivity contribution in [3.63, 3.8) is 0 Å². The van der Waals surface area contributed by atoms with Gasteiger partial charge in [-0.2, -0.15) is 4.73 Å². The number of benzene rings is 2. The van der Waals surface area contributed by atoms with Crippen molar-refractivity contribution in [1.82, 2.24) is 9.71 Å². The highest BCUT2D eigenvalue weighted by atomic mass is 16.6. The molecule has 0 saturated carbocycles. The van der Waals surface area contributed by atoms with Crippen molar-refractivity contribution in [2.45, 2.75) is 6.61 Å². The maximum Gasteiger partial charge on any atom is 0.271 e. The molecule has 0 unspecified atom stereocenters. The SMILES string of the molecule is COc1ccc(-c2nc3ccc([N+](=O)[O-])cc3n2O)c(CO)c1. The van der Waals surface area contributed by atoms with E-state index in [0.717, 1.165) is 4.73 Å². The molecule has 8 nitrogen and oxygen atoms in total. The van der Waals surface area contributed by atoms with Gasteiger partial charge in [-0.3, -0.25) is 10.1 Å². The van der Waals surface area contributed by atoms with E-state index < -0.39 is 4.92 Å². The third-order valence-electron chi connectivity index (χ3n) is 3.55. The van der Waals surface area contributed by atoms with Crippen molar-refractivity contribution in [2.24, 2.45) is 0 Å². The molecule has 0 fully saturated rings. The summed E-state index contributed by atoms with van der Waals surface area (Å²) in [5.74, 6) is 0.751. The second kappa shape index (κ2) is 5.58. The molecular weight excluding hydrogens is 302 g/mol. The van der Waals surface area contributed by atoms with Gasteiger partial charge in [0.15, 0.2) is 5.82 Å². The minimum absolute atomic E-state index is 0.142. The summed E-state index contributed by atoms with van der Waals surface area (Å²) in [4.78, 5) is 14.6. The van der Waals surface area contributed by atoms with E-state index in [1.165, 1.54) is 25.3 Å². The van der Waals surface area contributed by atoms with Crippen LogP contribution in [0.2, 0.25) is 0 Å². The Balaban J connectivity index is 2.21. The highest BCUT2D eigenvalue weighted by molar-refractivity contribution is 5.82. The molecule has 0 radical (unpaired) electrons. The molecule has 0 aliphatic rings. The normalized spacial score (nSPS) is 10.9. The third-order valence-corrected chi connectivity index (χ3v) is 3.55. The van der Waals surface area contributed by atoms with E-state index in [1.807, 2.05) is 0 Å². The molecule has 0 aliphatic heterocycles. The number of ether oxygens (including phenoxy) is 1. The van der Waals surface area contributed by atoms with Crippen molar-refractivity contribution in [3.8, 4) is 17.1 Å². The number of hydrogen-bond donors (Lipinski definition) is 2. The molecule has 8 heteroatoms. The first-order valence-corrected chi connectivity index (χ1v) is 6.69. The van der Waals surface area contributed by atoms with Crippen LogP contribution in [0.15, 0.2) is 36.4 Å².